The second-order valence-corrected chi connectivity index (χ2v) is 4.03. The number of hydrogen-bond acceptors (Lipinski definition) is 3. The van der Waals surface area contributed by atoms with Gasteiger partial charge in [0.2, 0.25) is 0 Å². The quantitative estimate of drug-likeness (QED) is 0.894. The molecular formula is C15H16FNO2. The number of anilines is 1. The molecule has 0 aliphatic rings. The number of hydrogen-bond donors (Lipinski definition) is 1. The van der Waals surface area contributed by atoms with E-state index in [1.807, 2.05) is 31.3 Å². The van der Waals surface area contributed by atoms with E-state index in [1.54, 1.807) is 12.1 Å². The Kier molecular flexibility index (Phi) is 4.23. The van der Waals surface area contributed by atoms with Gasteiger partial charge in [-0.1, -0.05) is 6.07 Å². The minimum absolute atomic E-state index is 0.238. The van der Waals surface area contributed by atoms with E-state index < -0.39 is 0 Å². The highest BCUT2D eigenvalue weighted by atomic mass is 19.1. The number of methoxy groups -OCH3 is 1. The molecule has 1 N–H and O–H groups in total. The molecule has 0 heterocycles. The summed E-state index contributed by atoms with van der Waals surface area (Å²) < 4.78 is 23.9. The highest BCUT2D eigenvalue weighted by molar-refractivity contribution is 5.45. The van der Waals surface area contributed by atoms with Gasteiger partial charge in [-0.3, -0.25) is 0 Å². The van der Waals surface area contributed by atoms with Gasteiger partial charge in [0.05, 0.1) is 7.11 Å². The van der Waals surface area contributed by atoms with Crippen molar-refractivity contribution in [1.29, 1.82) is 0 Å². The first kappa shape index (κ1) is 13.2. The third kappa shape index (κ3) is 3.37. The number of ether oxygens (including phenoxy) is 2. The molecule has 0 saturated carbocycles. The SMILES string of the molecule is CNc1ccc(OCc2ccc(OC)c(F)c2)cc1. The van der Waals surface area contributed by atoms with Gasteiger partial charge in [-0.25, -0.2) is 4.39 Å². The molecule has 0 spiro atoms. The van der Waals surface area contributed by atoms with Gasteiger partial charge in [-0.2, -0.15) is 0 Å². The zero-order valence-electron chi connectivity index (χ0n) is 10.9. The standard InChI is InChI=1S/C15H16FNO2/c1-17-12-4-6-13(7-5-12)19-10-11-3-8-15(18-2)14(16)9-11/h3-9,17H,10H2,1-2H3. The lowest BCUT2D eigenvalue weighted by atomic mass is 10.2. The first-order valence-corrected chi connectivity index (χ1v) is 5.96. The van der Waals surface area contributed by atoms with Crippen molar-refractivity contribution in [2.45, 2.75) is 6.61 Å². The van der Waals surface area contributed by atoms with Gasteiger partial charge in [0.1, 0.15) is 12.4 Å². The van der Waals surface area contributed by atoms with E-state index in [0.29, 0.717) is 6.61 Å². The monoisotopic (exact) mass is 261 g/mol. The van der Waals surface area contributed by atoms with E-state index in [9.17, 15) is 4.39 Å². The smallest absolute Gasteiger partial charge is 0.165 e. The highest BCUT2D eigenvalue weighted by Crippen LogP contribution is 2.20. The van der Waals surface area contributed by atoms with Gasteiger partial charge in [0, 0.05) is 12.7 Å². The molecule has 0 amide bonds. The maximum atomic E-state index is 13.5. The van der Waals surface area contributed by atoms with Crippen LogP contribution in [0.2, 0.25) is 0 Å². The van der Waals surface area contributed by atoms with Crippen LogP contribution in [0, 0.1) is 5.82 Å². The van der Waals surface area contributed by atoms with Gasteiger partial charge >= 0.3 is 0 Å². The Bertz CT molecular complexity index is 540. The lowest BCUT2D eigenvalue weighted by Gasteiger charge is -2.08. The molecule has 2 rings (SSSR count). The summed E-state index contributed by atoms with van der Waals surface area (Å²) in [5.41, 5.74) is 1.78. The Morgan fingerprint density at radius 2 is 1.84 bits per heavy atom. The van der Waals surface area contributed by atoms with Gasteiger partial charge in [-0.05, 0) is 42.0 Å². The Morgan fingerprint density at radius 3 is 2.42 bits per heavy atom. The Balaban J connectivity index is 1.99. The first-order chi connectivity index (χ1) is 9.22. The summed E-state index contributed by atoms with van der Waals surface area (Å²) in [5, 5.41) is 3.03. The van der Waals surface area contributed by atoms with Crippen LogP contribution in [-0.4, -0.2) is 14.2 Å². The van der Waals surface area contributed by atoms with Crippen molar-refractivity contribution in [3.8, 4) is 11.5 Å². The van der Waals surface area contributed by atoms with Gasteiger partial charge < -0.3 is 14.8 Å². The van der Waals surface area contributed by atoms with E-state index in [1.165, 1.54) is 13.2 Å². The zero-order valence-corrected chi connectivity index (χ0v) is 10.9. The molecule has 19 heavy (non-hydrogen) atoms. The fraction of sp³-hybridized carbons (Fsp3) is 0.200. The molecule has 0 aliphatic heterocycles. The molecule has 0 saturated heterocycles. The normalized spacial score (nSPS) is 10.1. The molecule has 0 aliphatic carbocycles. The molecule has 0 unspecified atom stereocenters. The van der Waals surface area contributed by atoms with Crippen molar-refractivity contribution < 1.29 is 13.9 Å². The first-order valence-electron chi connectivity index (χ1n) is 5.96. The lowest BCUT2D eigenvalue weighted by Crippen LogP contribution is -1.97. The number of rotatable bonds is 5. The Labute approximate surface area is 112 Å². The fourth-order valence-corrected chi connectivity index (χ4v) is 1.68. The maximum absolute atomic E-state index is 13.5. The van der Waals surface area contributed by atoms with Gasteiger partial charge in [0.25, 0.3) is 0 Å². The molecule has 0 radical (unpaired) electrons. The number of halogens is 1. The van der Waals surface area contributed by atoms with E-state index in [-0.39, 0.29) is 11.6 Å². The molecule has 2 aromatic rings. The largest absolute Gasteiger partial charge is 0.494 e. The predicted molar refractivity (Wildman–Crippen MR) is 73.3 cm³/mol. The minimum Gasteiger partial charge on any atom is -0.494 e. The van der Waals surface area contributed by atoms with Crippen molar-refractivity contribution in [2.75, 3.05) is 19.5 Å². The van der Waals surface area contributed by atoms with Crippen molar-refractivity contribution in [3.05, 3.63) is 53.8 Å². The second kappa shape index (κ2) is 6.09. The zero-order chi connectivity index (χ0) is 13.7. The lowest BCUT2D eigenvalue weighted by molar-refractivity contribution is 0.305. The van der Waals surface area contributed by atoms with Gasteiger partial charge in [-0.15, -0.1) is 0 Å². The summed E-state index contributed by atoms with van der Waals surface area (Å²) in [5.74, 6) is 0.603. The van der Waals surface area contributed by atoms with Crippen molar-refractivity contribution >= 4 is 5.69 Å². The molecule has 100 valence electrons. The summed E-state index contributed by atoms with van der Waals surface area (Å²) in [4.78, 5) is 0. The van der Waals surface area contributed by atoms with E-state index in [4.69, 9.17) is 9.47 Å². The summed E-state index contributed by atoms with van der Waals surface area (Å²) in [7, 11) is 3.30. The van der Waals surface area contributed by atoms with Crippen LogP contribution in [0.25, 0.3) is 0 Å². The van der Waals surface area contributed by atoms with Gasteiger partial charge in [0.15, 0.2) is 11.6 Å². The number of nitrogens with one attached hydrogen (secondary N) is 1. The number of benzene rings is 2. The average Bonchev–Trinajstić information content (AvgIpc) is 2.46. The van der Waals surface area contributed by atoms with Crippen molar-refractivity contribution in [1.82, 2.24) is 0 Å². The van der Waals surface area contributed by atoms with Crippen LogP contribution in [-0.2, 0) is 6.61 Å². The second-order valence-electron chi connectivity index (χ2n) is 4.03. The van der Waals surface area contributed by atoms with E-state index in [2.05, 4.69) is 5.32 Å². The fourth-order valence-electron chi connectivity index (χ4n) is 1.68. The molecule has 3 nitrogen and oxygen atoms in total. The summed E-state index contributed by atoms with van der Waals surface area (Å²) in [6.45, 7) is 0.319. The van der Waals surface area contributed by atoms with E-state index in [0.717, 1.165) is 17.0 Å². The Morgan fingerprint density at radius 1 is 1.11 bits per heavy atom. The van der Waals surface area contributed by atoms with Crippen LogP contribution in [0.4, 0.5) is 10.1 Å². The third-order valence-corrected chi connectivity index (χ3v) is 2.76. The van der Waals surface area contributed by atoms with Crippen molar-refractivity contribution in [2.24, 2.45) is 0 Å². The van der Waals surface area contributed by atoms with Crippen LogP contribution in [0.15, 0.2) is 42.5 Å². The average molecular weight is 261 g/mol. The predicted octanol–water partition coefficient (Wildman–Crippen LogP) is 3.46. The van der Waals surface area contributed by atoms with Crippen LogP contribution in [0.5, 0.6) is 11.5 Å². The van der Waals surface area contributed by atoms with Crippen LogP contribution in [0.3, 0.4) is 0 Å². The Hall–Kier alpha value is -2.23. The maximum Gasteiger partial charge on any atom is 0.165 e. The third-order valence-electron chi connectivity index (χ3n) is 2.76. The summed E-state index contributed by atoms with van der Waals surface area (Å²) in [6, 6.07) is 12.4. The molecule has 0 atom stereocenters. The topological polar surface area (TPSA) is 30.5 Å². The van der Waals surface area contributed by atoms with E-state index >= 15 is 0 Å². The molecule has 0 fully saturated rings. The highest BCUT2D eigenvalue weighted by Gasteiger charge is 2.04. The van der Waals surface area contributed by atoms with Crippen LogP contribution in [0.1, 0.15) is 5.56 Å². The van der Waals surface area contributed by atoms with Crippen LogP contribution < -0.4 is 14.8 Å². The molecule has 0 aromatic heterocycles. The van der Waals surface area contributed by atoms with Crippen LogP contribution >= 0.6 is 0 Å². The van der Waals surface area contributed by atoms with Crippen molar-refractivity contribution in [3.63, 3.8) is 0 Å². The molecule has 0 bridgehead atoms. The summed E-state index contributed by atoms with van der Waals surface area (Å²) >= 11 is 0. The minimum atomic E-state index is -0.380. The molecular weight excluding hydrogens is 245 g/mol. The molecule has 2 aromatic carbocycles. The molecule has 4 heteroatoms. The summed E-state index contributed by atoms with van der Waals surface area (Å²) in [6.07, 6.45) is 0.